The first-order chi connectivity index (χ1) is 14.2. The van der Waals surface area contributed by atoms with E-state index in [2.05, 4.69) is 59.0 Å². The third-order valence-corrected chi connectivity index (χ3v) is 5.43. The van der Waals surface area contributed by atoms with E-state index in [1.807, 2.05) is 30.4 Å². The number of benzene rings is 2. The van der Waals surface area contributed by atoms with Gasteiger partial charge in [0, 0.05) is 57.1 Å². The molecule has 0 bridgehead atoms. The van der Waals surface area contributed by atoms with Crippen molar-refractivity contribution in [2.75, 3.05) is 39.3 Å². The second kappa shape index (κ2) is 10.8. The van der Waals surface area contributed by atoms with Crippen LogP contribution in [-0.2, 0) is 13.0 Å². The van der Waals surface area contributed by atoms with Crippen molar-refractivity contribution in [1.29, 1.82) is 0 Å². The number of phenols is 1. The van der Waals surface area contributed by atoms with Crippen molar-refractivity contribution in [3.63, 3.8) is 0 Å². The highest BCUT2D eigenvalue weighted by molar-refractivity contribution is 5.61. The topological polar surface area (TPSA) is 38.7 Å². The molecule has 0 amide bonds. The van der Waals surface area contributed by atoms with Crippen LogP contribution in [0.2, 0.25) is 0 Å². The van der Waals surface area contributed by atoms with E-state index in [1.165, 1.54) is 5.56 Å². The van der Waals surface area contributed by atoms with Gasteiger partial charge in [-0.2, -0.15) is 0 Å². The minimum atomic E-state index is 0.350. The molecule has 2 N–H and O–H groups in total. The van der Waals surface area contributed by atoms with Crippen LogP contribution in [0.1, 0.15) is 23.6 Å². The highest BCUT2D eigenvalue weighted by Crippen LogP contribution is 2.25. The molecule has 1 aliphatic heterocycles. The monoisotopic (exact) mass is 391 g/mol. The second-order valence-corrected chi connectivity index (χ2v) is 7.71. The fourth-order valence-electron chi connectivity index (χ4n) is 3.76. The van der Waals surface area contributed by atoms with E-state index in [1.54, 1.807) is 0 Å². The first kappa shape index (κ1) is 21.2. The zero-order valence-electron chi connectivity index (χ0n) is 17.5. The predicted molar refractivity (Wildman–Crippen MR) is 122 cm³/mol. The molecule has 0 unspecified atom stereocenters. The molecular weight excluding hydrogens is 358 g/mol. The Hall–Kier alpha value is -2.56. The van der Waals surface area contributed by atoms with Crippen molar-refractivity contribution < 1.29 is 5.11 Å². The summed E-state index contributed by atoms with van der Waals surface area (Å²) < 4.78 is 0. The summed E-state index contributed by atoms with van der Waals surface area (Å²) in [6, 6.07) is 16.6. The van der Waals surface area contributed by atoms with Crippen LogP contribution in [-0.4, -0.2) is 54.2 Å². The molecule has 3 rings (SSSR count). The Morgan fingerprint density at radius 3 is 2.48 bits per heavy atom. The van der Waals surface area contributed by atoms with E-state index in [0.29, 0.717) is 12.2 Å². The Kier molecular flexibility index (Phi) is 7.91. The molecule has 2 aromatic carbocycles. The molecule has 0 spiro atoms. The molecule has 0 saturated carbocycles. The Balaban J connectivity index is 1.41. The molecular formula is C25H33N3O. The molecule has 29 heavy (non-hydrogen) atoms. The smallest absolute Gasteiger partial charge is 0.126 e. The molecule has 4 nitrogen and oxygen atoms in total. The molecule has 2 aromatic rings. The maximum Gasteiger partial charge on any atom is 0.126 e. The van der Waals surface area contributed by atoms with Gasteiger partial charge in [0.05, 0.1) is 0 Å². The number of para-hydroxylation sites is 1. The maximum atomic E-state index is 10.4. The maximum absolute atomic E-state index is 10.4. The summed E-state index contributed by atoms with van der Waals surface area (Å²) in [6.45, 7) is 13.3. The van der Waals surface area contributed by atoms with Crippen LogP contribution in [0.25, 0.3) is 6.08 Å². The van der Waals surface area contributed by atoms with Gasteiger partial charge in [-0.15, -0.1) is 6.58 Å². The molecule has 0 aliphatic carbocycles. The van der Waals surface area contributed by atoms with Gasteiger partial charge in [-0.25, -0.2) is 0 Å². The lowest BCUT2D eigenvalue weighted by Crippen LogP contribution is -2.47. The second-order valence-electron chi connectivity index (χ2n) is 7.71. The lowest BCUT2D eigenvalue weighted by atomic mass is 10.1. The summed E-state index contributed by atoms with van der Waals surface area (Å²) in [5, 5.41) is 13.9. The van der Waals surface area contributed by atoms with Gasteiger partial charge in [0.2, 0.25) is 0 Å². The summed E-state index contributed by atoms with van der Waals surface area (Å²) in [5.41, 5.74) is 4.22. The number of piperazine rings is 1. The number of hydrogen-bond donors (Lipinski definition) is 2. The van der Waals surface area contributed by atoms with E-state index in [-0.39, 0.29) is 0 Å². The van der Waals surface area contributed by atoms with E-state index < -0.39 is 0 Å². The normalized spacial score (nSPS) is 16.0. The van der Waals surface area contributed by atoms with Gasteiger partial charge in [0.1, 0.15) is 5.75 Å². The third kappa shape index (κ3) is 6.48. The van der Waals surface area contributed by atoms with Crippen LogP contribution < -0.4 is 5.32 Å². The van der Waals surface area contributed by atoms with E-state index in [9.17, 15) is 5.11 Å². The van der Waals surface area contributed by atoms with Crippen LogP contribution in [0.5, 0.6) is 5.75 Å². The largest absolute Gasteiger partial charge is 0.507 e. The number of aromatic hydroxyl groups is 1. The molecule has 0 aromatic heterocycles. The molecule has 154 valence electrons. The quantitative estimate of drug-likeness (QED) is 0.636. The van der Waals surface area contributed by atoms with E-state index in [0.717, 1.165) is 62.6 Å². The molecule has 1 saturated heterocycles. The minimum absolute atomic E-state index is 0.350. The Labute approximate surface area is 175 Å². The van der Waals surface area contributed by atoms with Crippen LogP contribution >= 0.6 is 0 Å². The van der Waals surface area contributed by atoms with Gasteiger partial charge in [-0.3, -0.25) is 9.80 Å². The van der Waals surface area contributed by atoms with Crippen molar-refractivity contribution in [2.24, 2.45) is 0 Å². The molecule has 1 aliphatic rings. The average Bonchev–Trinajstić information content (AvgIpc) is 2.73. The molecule has 1 fully saturated rings. The van der Waals surface area contributed by atoms with Gasteiger partial charge in [0.15, 0.2) is 0 Å². The summed E-state index contributed by atoms with van der Waals surface area (Å²) in [7, 11) is 0. The van der Waals surface area contributed by atoms with E-state index in [4.69, 9.17) is 0 Å². The summed E-state index contributed by atoms with van der Waals surface area (Å²) >= 11 is 0. The van der Waals surface area contributed by atoms with Gasteiger partial charge in [-0.1, -0.05) is 54.6 Å². The molecule has 0 radical (unpaired) electrons. The number of nitrogens with one attached hydrogen (secondary N) is 1. The number of rotatable bonds is 9. The SMILES string of the molecule is C=CCc1cccc(C=C(C)NCCN2CCN(Cc3ccccc3)CC2)c1O. The predicted octanol–water partition coefficient (Wildman–Crippen LogP) is 3.89. The van der Waals surface area contributed by atoms with Crippen LogP contribution in [0.15, 0.2) is 66.9 Å². The first-order valence-electron chi connectivity index (χ1n) is 10.5. The Bertz CT molecular complexity index is 808. The molecule has 1 heterocycles. The minimum Gasteiger partial charge on any atom is -0.507 e. The highest BCUT2D eigenvalue weighted by atomic mass is 16.3. The summed E-state index contributed by atoms with van der Waals surface area (Å²) in [4.78, 5) is 5.05. The summed E-state index contributed by atoms with van der Waals surface area (Å²) in [6.07, 6.45) is 4.50. The van der Waals surface area contributed by atoms with Crippen molar-refractivity contribution in [3.8, 4) is 5.75 Å². The number of nitrogens with zero attached hydrogens (tertiary/aromatic N) is 2. The van der Waals surface area contributed by atoms with Gasteiger partial charge < -0.3 is 10.4 Å². The third-order valence-electron chi connectivity index (χ3n) is 5.43. The number of phenolic OH excluding ortho intramolecular Hbond substituents is 1. The standard InChI is InChI=1S/C25H33N3O/c1-3-8-23-11-7-12-24(25(23)29)19-21(2)26-13-14-27-15-17-28(18-16-27)20-22-9-5-4-6-10-22/h3-7,9-12,19,26,29H,1,8,13-18,20H2,2H3. The molecule has 0 atom stereocenters. The van der Waals surface area contributed by atoms with Crippen molar-refractivity contribution in [1.82, 2.24) is 15.1 Å². The average molecular weight is 392 g/mol. The van der Waals surface area contributed by atoms with Crippen LogP contribution in [0.4, 0.5) is 0 Å². The lowest BCUT2D eigenvalue weighted by Gasteiger charge is -2.34. The number of hydrogen-bond acceptors (Lipinski definition) is 4. The van der Waals surface area contributed by atoms with Crippen molar-refractivity contribution in [2.45, 2.75) is 19.9 Å². The molecule has 4 heteroatoms. The van der Waals surface area contributed by atoms with Gasteiger partial charge >= 0.3 is 0 Å². The van der Waals surface area contributed by atoms with Crippen LogP contribution in [0.3, 0.4) is 0 Å². The fourth-order valence-corrected chi connectivity index (χ4v) is 3.76. The van der Waals surface area contributed by atoms with E-state index >= 15 is 0 Å². The van der Waals surface area contributed by atoms with Crippen molar-refractivity contribution in [3.05, 3.63) is 83.6 Å². The highest BCUT2D eigenvalue weighted by Gasteiger charge is 2.16. The van der Waals surface area contributed by atoms with Crippen LogP contribution in [0, 0.1) is 0 Å². The van der Waals surface area contributed by atoms with Crippen molar-refractivity contribution >= 4 is 6.08 Å². The zero-order chi connectivity index (χ0) is 20.5. The summed E-state index contributed by atoms with van der Waals surface area (Å²) in [5.74, 6) is 0.350. The Morgan fingerprint density at radius 2 is 1.76 bits per heavy atom. The first-order valence-corrected chi connectivity index (χ1v) is 10.5. The number of allylic oxidation sites excluding steroid dienone is 2. The van der Waals surface area contributed by atoms with Gasteiger partial charge in [-0.05, 0) is 30.5 Å². The lowest BCUT2D eigenvalue weighted by molar-refractivity contribution is 0.128. The Morgan fingerprint density at radius 1 is 1.03 bits per heavy atom. The zero-order valence-corrected chi connectivity index (χ0v) is 17.5. The fraction of sp³-hybridized carbons (Fsp3) is 0.360. The van der Waals surface area contributed by atoms with Gasteiger partial charge in [0.25, 0.3) is 0 Å².